The second-order valence-electron chi connectivity index (χ2n) is 8.72. The Bertz CT molecular complexity index is 1310. The number of benzene rings is 1. The molecule has 0 aliphatic carbocycles. The Morgan fingerprint density at radius 1 is 1.12 bits per heavy atom. The van der Waals surface area contributed by atoms with Gasteiger partial charge in [0.15, 0.2) is 5.82 Å². The van der Waals surface area contributed by atoms with Crippen LogP contribution < -0.4 is 10.6 Å². The maximum absolute atomic E-state index is 10.8. The number of aromatic amines is 2. The SMILES string of the molecule is OC(NC1CCNCC1)C1=CC(c2ccc3[nH]nc(-c4nc5ccncc5[nH]4)c3c2)CN=C1. The van der Waals surface area contributed by atoms with Crippen LogP contribution in [-0.2, 0) is 0 Å². The van der Waals surface area contributed by atoms with Crippen LogP contribution in [0.15, 0.2) is 53.3 Å². The van der Waals surface area contributed by atoms with Crippen molar-refractivity contribution in [2.75, 3.05) is 19.6 Å². The number of dihydropyridines is 1. The molecule has 0 amide bonds. The number of aromatic nitrogens is 5. The molecule has 1 aromatic carbocycles. The fraction of sp³-hybridized carbons (Fsp3) is 0.333. The number of hydrogen-bond donors (Lipinski definition) is 5. The summed E-state index contributed by atoms with van der Waals surface area (Å²) in [7, 11) is 0. The largest absolute Gasteiger partial charge is 0.374 e. The van der Waals surface area contributed by atoms with E-state index in [9.17, 15) is 5.11 Å². The van der Waals surface area contributed by atoms with Crippen molar-refractivity contribution in [3.05, 3.63) is 53.9 Å². The van der Waals surface area contributed by atoms with Gasteiger partial charge in [0.1, 0.15) is 11.9 Å². The number of aliphatic imine (C=N–C) groups is 1. The molecule has 2 atom stereocenters. The molecule has 0 radical (unpaired) electrons. The Hall–Kier alpha value is -3.40. The van der Waals surface area contributed by atoms with Crippen LogP contribution in [0.1, 0.15) is 24.3 Å². The van der Waals surface area contributed by atoms with Gasteiger partial charge >= 0.3 is 0 Å². The molecule has 0 spiro atoms. The van der Waals surface area contributed by atoms with E-state index in [4.69, 9.17) is 0 Å². The van der Waals surface area contributed by atoms with Crippen molar-refractivity contribution in [3.63, 3.8) is 0 Å². The fourth-order valence-electron chi connectivity index (χ4n) is 4.68. The topological polar surface area (TPSA) is 127 Å². The van der Waals surface area contributed by atoms with Crippen LogP contribution in [0, 0.1) is 0 Å². The van der Waals surface area contributed by atoms with Gasteiger partial charge in [-0.05, 0) is 49.7 Å². The monoisotopic (exact) mass is 442 g/mol. The molecular formula is C24H26N8O. The second kappa shape index (κ2) is 8.51. The third-order valence-corrected chi connectivity index (χ3v) is 6.51. The summed E-state index contributed by atoms with van der Waals surface area (Å²) in [6.45, 7) is 2.61. The third kappa shape index (κ3) is 3.95. The lowest BCUT2D eigenvalue weighted by Crippen LogP contribution is -2.45. The van der Waals surface area contributed by atoms with E-state index in [0.717, 1.165) is 64.7 Å². The summed E-state index contributed by atoms with van der Waals surface area (Å²) in [4.78, 5) is 16.7. The molecule has 2 aliphatic rings. The minimum atomic E-state index is -0.711. The summed E-state index contributed by atoms with van der Waals surface area (Å²) in [5.41, 5.74) is 5.41. The van der Waals surface area contributed by atoms with Gasteiger partial charge in [0.05, 0.1) is 22.7 Å². The molecule has 9 nitrogen and oxygen atoms in total. The van der Waals surface area contributed by atoms with E-state index in [1.807, 2.05) is 12.1 Å². The Labute approximate surface area is 190 Å². The number of nitrogens with zero attached hydrogens (tertiary/aromatic N) is 4. The van der Waals surface area contributed by atoms with Crippen molar-refractivity contribution in [2.24, 2.45) is 4.99 Å². The average molecular weight is 443 g/mol. The zero-order valence-corrected chi connectivity index (χ0v) is 18.1. The Balaban J connectivity index is 1.29. The highest BCUT2D eigenvalue weighted by atomic mass is 16.3. The highest BCUT2D eigenvalue weighted by molar-refractivity contribution is 5.93. The van der Waals surface area contributed by atoms with Crippen molar-refractivity contribution < 1.29 is 5.11 Å². The molecule has 6 rings (SSSR count). The molecule has 5 heterocycles. The van der Waals surface area contributed by atoms with Crippen molar-refractivity contribution in [1.29, 1.82) is 0 Å². The zero-order valence-electron chi connectivity index (χ0n) is 18.1. The first-order valence-electron chi connectivity index (χ1n) is 11.4. The van der Waals surface area contributed by atoms with Crippen LogP contribution in [0.3, 0.4) is 0 Å². The van der Waals surface area contributed by atoms with Gasteiger partial charge in [-0.25, -0.2) is 4.98 Å². The summed E-state index contributed by atoms with van der Waals surface area (Å²) < 4.78 is 0. The van der Waals surface area contributed by atoms with Gasteiger partial charge in [-0.15, -0.1) is 0 Å². The van der Waals surface area contributed by atoms with Gasteiger partial charge in [0, 0.05) is 41.9 Å². The van der Waals surface area contributed by atoms with E-state index < -0.39 is 6.23 Å². The lowest BCUT2D eigenvalue weighted by molar-refractivity contribution is 0.151. The first-order chi connectivity index (χ1) is 16.2. The molecule has 0 saturated carbocycles. The van der Waals surface area contributed by atoms with Gasteiger partial charge in [-0.1, -0.05) is 12.1 Å². The van der Waals surface area contributed by atoms with Crippen LogP contribution in [0.4, 0.5) is 0 Å². The van der Waals surface area contributed by atoms with Crippen molar-refractivity contribution in [1.82, 2.24) is 35.8 Å². The number of pyridine rings is 1. The first kappa shape index (κ1) is 20.2. The fourth-order valence-corrected chi connectivity index (χ4v) is 4.68. The molecule has 9 heteroatoms. The van der Waals surface area contributed by atoms with Gasteiger partial charge in [-0.2, -0.15) is 5.10 Å². The number of H-pyrrole nitrogens is 2. The highest BCUT2D eigenvalue weighted by Gasteiger charge is 2.22. The minimum Gasteiger partial charge on any atom is -0.374 e. The summed E-state index contributed by atoms with van der Waals surface area (Å²) in [6.07, 6.45) is 8.74. The summed E-state index contributed by atoms with van der Waals surface area (Å²) in [5, 5.41) is 26.1. The minimum absolute atomic E-state index is 0.0847. The smallest absolute Gasteiger partial charge is 0.159 e. The molecule has 1 saturated heterocycles. The number of nitrogens with one attached hydrogen (secondary N) is 4. The molecule has 3 aromatic heterocycles. The van der Waals surface area contributed by atoms with Crippen LogP contribution >= 0.6 is 0 Å². The van der Waals surface area contributed by atoms with E-state index in [1.165, 1.54) is 0 Å². The number of rotatable bonds is 5. The molecule has 168 valence electrons. The number of piperidine rings is 1. The maximum Gasteiger partial charge on any atom is 0.159 e. The molecule has 1 fully saturated rings. The zero-order chi connectivity index (χ0) is 22.2. The van der Waals surface area contributed by atoms with Gasteiger partial charge < -0.3 is 15.4 Å². The van der Waals surface area contributed by atoms with Crippen molar-refractivity contribution in [2.45, 2.75) is 31.0 Å². The Morgan fingerprint density at radius 3 is 2.91 bits per heavy atom. The Kier molecular flexibility index (Phi) is 5.21. The lowest BCUT2D eigenvalue weighted by Gasteiger charge is -2.28. The molecular weight excluding hydrogens is 416 g/mol. The molecule has 2 unspecified atom stereocenters. The van der Waals surface area contributed by atoms with Crippen LogP contribution in [0.25, 0.3) is 33.5 Å². The summed E-state index contributed by atoms with van der Waals surface area (Å²) in [5.74, 6) is 0.794. The van der Waals surface area contributed by atoms with Gasteiger partial charge in [0.2, 0.25) is 0 Å². The number of hydrogen-bond acceptors (Lipinski definition) is 7. The quantitative estimate of drug-likeness (QED) is 0.302. The van der Waals surface area contributed by atoms with Crippen molar-refractivity contribution in [3.8, 4) is 11.5 Å². The predicted octanol–water partition coefficient (Wildman–Crippen LogP) is 2.26. The summed E-state index contributed by atoms with van der Waals surface area (Å²) in [6, 6.07) is 8.48. The maximum atomic E-state index is 10.8. The second-order valence-corrected chi connectivity index (χ2v) is 8.72. The highest BCUT2D eigenvalue weighted by Crippen LogP contribution is 2.30. The molecule has 0 bridgehead atoms. The normalized spacial score (nSPS) is 20.4. The van der Waals surface area contributed by atoms with E-state index >= 15 is 0 Å². The number of fused-ring (bicyclic) bond motifs is 2. The first-order valence-corrected chi connectivity index (χ1v) is 11.4. The molecule has 4 aromatic rings. The molecule has 5 N–H and O–H groups in total. The number of aliphatic hydroxyl groups excluding tert-OH is 1. The van der Waals surface area contributed by atoms with Crippen molar-refractivity contribution >= 4 is 28.2 Å². The van der Waals surface area contributed by atoms with E-state index in [0.29, 0.717) is 18.4 Å². The number of imidazole rings is 1. The van der Waals surface area contributed by atoms with Crippen LogP contribution in [0.2, 0.25) is 0 Å². The van der Waals surface area contributed by atoms with E-state index in [2.05, 4.69) is 59.0 Å². The third-order valence-electron chi connectivity index (χ3n) is 6.51. The predicted molar refractivity (Wildman–Crippen MR) is 128 cm³/mol. The number of aliphatic hydroxyl groups is 1. The molecule has 2 aliphatic heterocycles. The van der Waals surface area contributed by atoms with Crippen LogP contribution in [0.5, 0.6) is 0 Å². The standard InChI is InChI=1S/C24H26N8O/c33-24(28-17-3-6-25-7-4-17)16-9-15(11-27-12-16)14-1-2-19-18(10-14)22(32-31-19)23-29-20-5-8-26-13-21(20)30-23/h1-2,5,8-10,12-13,15,17,24-25,28,33H,3-4,6-7,11H2,(H,29,30)(H,31,32). The van der Waals surface area contributed by atoms with Gasteiger partial charge in [-0.3, -0.25) is 20.4 Å². The Morgan fingerprint density at radius 2 is 2.03 bits per heavy atom. The van der Waals surface area contributed by atoms with Crippen LogP contribution in [-0.4, -0.2) is 68.4 Å². The molecule has 33 heavy (non-hydrogen) atoms. The lowest BCUT2D eigenvalue weighted by atomic mass is 9.93. The summed E-state index contributed by atoms with van der Waals surface area (Å²) >= 11 is 0. The van der Waals surface area contributed by atoms with E-state index in [1.54, 1.807) is 18.6 Å². The van der Waals surface area contributed by atoms with Gasteiger partial charge in [0.25, 0.3) is 0 Å². The van der Waals surface area contributed by atoms with E-state index in [-0.39, 0.29) is 5.92 Å². The average Bonchev–Trinajstić information content (AvgIpc) is 3.48.